The number of hydrogen-bond donors (Lipinski definition) is 0. The van der Waals surface area contributed by atoms with E-state index in [2.05, 4.69) is 16.0 Å². The van der Waals surface area contributed by atoms with Crippen LogP contribution in [0.15, 0.2) is 17.8 Å². The molecule has 17 heteroatoms. The molecule has 192 valence electrons. The van der Waals surface area contributed by atoms with Gasteiger partial charge in [0.1, 0.15) is 23.2 Å². The molecule has 1 aliphatic rings. The SMILES string of the molecule is C=CC/C(=N/OS(=O)(=O)[O-])S[C@@H]1O[C@H](COC(C)=O)[C@@H](OC(C)=O)[C@H](OC(C)=O)[C@H]1OC(C)=O.[K+]. The Kier molecular flexibility index (Phi) is 15.4. The first-order valence-corrected chi connectivity index (χ1v) is 11.7. The number of rotatable bonds is 10. The summed E-state index contributed by atoms with van der Waals surface area (Å²) in [6, 6.07) is 0. The Morgan fingerprint density at radius 2 is 1.49 bits per heavy atom. The normalized spacial score (nSPS) is 24.3. The number of thioether (sulfide) groups is 1. The summed E-state index contributed by atoms with van der Waals surface area (Å²) >= 11 is 0.649. The van der Waals surface area contributed by atoms with Crippen LogP contribution in [0.25, 0.3) is 0 Å². The third-order valence-electron chi connectivity index (χ3n) is 3.75. The molecule has 14 nitrogen and oxygen atoms in total. The maximum Gasteiger partial charge on any atom is 1.00 e. The number of esters is 4. The molecule has 1 heterocycles. The first-order valence-electron chi connectivity index (χ1n) is 9.52. The minimum Gasteiger partial charge on any atom is -0.714 e. The van der Waals surface area contributed by atoms with Crippen LogP contribution in [0.3, 0.4) is 0 Å². The van der Waals surface area contributed by atoms with Crippen LogP contribution in [0, 0.1) is 0 Å². The van der Waals surface area contributed by atoms with Gasteiger partial charge >= 0.3 is 75.3 Å². The van der Waals surface area contributed by atoms with Gasteiger partial charge in [-0.25, -0.2) is 0 Å². The molecule has 35 heavy (non-hydrogen) atoms. The standard InChI is InChI=1S/C18H25NO13S2.K/c1-6-7-14(19-32-34(24,25)26)33-18-17(30-12(5)23)16(29-11(4)22)15(28-10(3)21)13(31-18)8-27-9(2)20;/h6,13,15-18H,1,7-8H2,2-5H3,(H,24,25,26);/q;+1/p-1/b19-14-;/t13-,15-,16+,17-,18+;/m1./s1. The van der Waals surface area contributed by atoms with Gasteiger partial charge in [0.05, 0.1) is 0 Å². The third-order valence-corrected chi connectivity index (χ3v) is 5.13. The summed E-state index contributed by atoms with van der Waals surface area (Å²) in [5.41, 5.74) is -1.28. The summed E-state index contributed by atoms with van der Waals surface area (Å²) in [6.45, 7) is 7.35. The van der Waals surface area contributed by atoms with E-state index in [1.54, 1.807) is 0 Å². The van der Waals surface area contributed by atoms with Crippen LogP contribution in [0.4, 0.5) is 0 Å². The Labute approximate surface area is 248 Å². The van der Waals surface area contributed by atoms with Gasteiger partial charge in [-0.15, -0.1) is 6.58 Å². The number of hydrogen-bond acceptors (Lipinski definition) is 15. The van der Waals surface area contributed by atoms with Crippen molar-refractivity contribution < 1.29 is 112 Å². The Balaban J connectivity index is 0.0000116. The zero-order valence-electron chi connectivity index (χ0n) is 19.7. The number of nitrogens with zero attached hydrogens (tertiary/aromatic N) is 1. The quantitative estimate of drug-likeness (QED) is 0.0303. The van der Waals surface area contributed by atoms with Gasteiger partial charge in [0.15, 0.2) is 18.3 Å². The van der Waals surface area contributed by atoms with Crippen molar-refractivity contribution in [3.63, 3.8) is 0 Å². The number of allylic oxidation sites excluding steroid dienone is 1. The van der Waals surface area contributed by atoms with Crippen molar-refractivity contribution >= 4 is 51.1 Å². The molecule has 1 aliphatic heterocycles. The number of ether oxygens (including phenoxy) is 5. The van der Waals surface area contributed by atoms with Crippen LogP contribution in [0.5, 0.6) is 0 Å². The summed E-state index contributed by atoms with van der Waals surface area (Å²) in [5, 5.41) is 3.11. The van der Waals surface area contributed by atoms with E-state index in [1.165, 1.54) is 6.08 Å². The van der Waals surface area contributed by atoms with Crippen molar-refractivity contribution in [2.75, 3.05) is 6.61 Å². The van der Waals surface area contributed by atoms with Gasteiger partial charge in [-0.3, -0.25) is 23.5 Å². The molecule has 0 saturated carbocycles. The van der Waals surface area contributed by atoms with Gasteiger partial charge in [-0.2, -0.15) is 8.42 Å². The van der Waals surface area contributed by atoms with Crippen LogP contribution >= 0.6 is 11.8 Å². The van der Waals surface area contributed by atoms with Gasteiger partial charge in [-0.1, -0.05) is 23.0 Å². The van der Waals surface area contributed by atoms with E-state index in [0.717, 1.165) is 27.7 Å². The molecule has 1 rings (SSSR count). The summed E-state index contributed by atoms with van der Waals surface area (Å²) in [6.07, 6.45) is -4.21. The zero-order valence-corrected chi connectivity index (χ0v) is 24.4. The predicted molar refractivity (Wildman–Crippen MR) is 113 cm³/mol. The molecule has 0 bridgehead atoms. The molecule has 0 spiro atoms. The molecule has 0 aromatic carbocycles. The van der Waals surface area contributed by atoms with Crippen molar-refractivity contribution in [1.29, 1.82) is 0 Å². The van der Waals surface area contributed by atoms with Gasteiger partial charge in [0, 0.05) is 34.1 Å². The van der Waals surface area contributed by atoms with Crippen molar-refractivity contribution in [3.8, 4) is 0 Å². The maximum absolute atomic E-state index is 11.8. The Morgan fingerprint density at radius 1 is 0.971 bits per heavy atom. The van der Waals surface area contributed by atoms with E-state index in [4.69, 9.17) is 23.7 Å². The topological polar surface area (TPSA) is 193 Å². The van der Waals surface area contributed by atoms with Crippen molar-refractivity contribution in [2.24, 2.45) is 5.16 Å². The Morgan fingerprint density at radius 3 is 1.94 bits per heavy atom. The second kappa shape index (κ2) is 15.9. The molecular weight excluding hydrogens is 541 g/mol. The molecule has 0 aliphatic carbocycles. The van der Waals surface area contributed by atoms with Crippen molar-refractivity contribution in [2.45, 2.75) is 64.0 Å². The first-order chi connectivity index (χ1) is 15.7. The fraction of sp³-hybridized carbons (Fsp3) is 0.611. The molecule has 0 amide bonds. The molecule has 1 fully saturated rings. The van der Waals surface area contributed by atoms with Gasteiger partial charge < -0.3 is 28.2 Å². The van der Waals surface area contributed by atoms with Crippen molar-refractivity contribution in [1.82, 2.24) is 0 Å². The van der Waals surface area contributed by atoms with Crippen molar-refractivity contribution in [3.05, 3.63) is 12.7 Å². The average Bonchev–Trinajstić information content (AvgIpc) is 2.67. The van der Waals surface area contributed by atoms with E-state index in [9.17, 15) is 32.1 Å². The monoisotopic (exact) mass is 565 g/mol. The van der Waals surface area contributed by atoms with E-state index >= 15 is 0 Å². The van der Waals surface area contributed by atoms with Crippen LogP contribution < -0.4 is 51.4 Å². The molecular formula is C18H24KNO13S2. The van der Waals surface area contributed by atoms with E-state index in [0.29, 0.717) is 11.8 Å². The number of carbonyl (C=O) groups excluding carboxylic acids is 4. The molecule has 5 atom stereocenters. The van der Waals surface area contributed by atoms with E-state index in [1.807, 2.05) is 0 Å². The number of carbonyl (C=O) groups is 4. The van der Waals surface area contributed by atoms with Crippen LogP contribution in [-0.4, -0.2) is 78.4 Å². The summed E-state index contributed by atoms with van der Waals surface area (Å²) < 4.78 is 62.8. The fourth-order valence-corrected chi connectivity index (χ4v) is 4.07. The first kappa shape index (κ1) is 33.9. The minimum absolute atomic E-state index is 0. The molecule has 0 aromatic heterocycles. The molecule has 0 unspecified atom stereocenters. The summed E-state index contributed by atoms with van der Waals surface area (Å²) in [5.74, 6) is -3.13. The van der Waals surface area contributed by atoms with Crippen LogP contribution in [0.1, 0.15) is 34.1 Å². The predicted octanol–water partition coefficient (Wildman–Crippen LogP) is -2.83. The molecule has 0 N–H and O–H groups in total. The fourth-order valence-electron chi connectivity index (χ4n) is 2.74. The van der Waals surface area contributed by atoms with Gasteiger partial charge in [0.2, 0.25) is 0 Å². The Hall–Kier alpha value is -1.05. The minimum atomic E-state index is -5.18. The average molecular weight is 566 g/mol. The van der Waals surface area contributed by atoms with Crippen LogP contribution in [0.2, 0.25) is 0 Å². The van der Waals surface area contributed by atoms with Gasteiger partial charge in [0.25, 0.3) is 10.4 Å². The summed E-state index contributed by atoms with van der Waals surface area (Å²) in [7, 11) is -5.18. The van der Waals surface area contributed by atoms with Gasteiger partial charge in [-0.05, 0) is 0 Å². The maximum atomic E-state index is 11.8. The smallest absolute Gasteiger partial charge is 0.714 e. The number of oxime groups is 1. The largest absolute Gasteiger partial charge is 1.00 e. The van der Waals surface area contributed by atoms with E-state index in [-0.39, 0.29) is 62.8 Å². The third kappa shape index (κ3) is 13.2. The molecule has 0 aromatic rings. The summed E-state index contributed by atoms with van der Waals surface area (Å²) in [4.78, 5) is 46.6. The Bertz CT molecular complexity index is 923. The van der Waals surface area contributed by atoms with Crippen LogP contribution in [-0.2, 0) is 57.5 Å². The zero-order chi connectivity index (χ0) is 26.1. The molecule has 0 radical (unpaired) electrons. The van der Waals surface area contributed by atoms with E-state index < -0.39 is 70.7 Å². The second-order valence-electron chi connectivity index (χ2n) is 6.65. The second-order valence-corrected chi connectivity index (χ2v) is 8.78. The molecule has 1 saturated heterocycles.